The number of carbonyl (C=O) groups is 1. The molecule has 1 amide bonds. The maximum atomic E-state index is 13.5. The smallest absolute Gasteiger partial charge is 0.230 e. The number of benzene rings is 1. The minimum absolute atomic E-state index is 0.175. The average Bonchev–Trinajstić information content (AvgIpc) is 3.22. The van der Waals surface area contributed by atoms with Crippen LogP contribution in [0.4, 0.5) is 4.39 Å². The van der Waals surface area contributed by atoms with Gasteiger partial charge in [-0.05, 0) is 62.8 Å². The molecule has 3 heterocycles. The predicted octanol–water partition coefficient (Wildman–Crippen LogP) is 3.24. The number of hydrogen-bond acceptors (Lipinski definition) is 3. The van der Waals surface area contributed by atoms with Crippen molar-refractivity contribution in [3.63, 3.8) is 0 Å². The highest BCUT2D eigenvalue weighted by Crippen LogP contribution is 2.42. The van der Waals surface area contributed by atoms with Crippen molar-refractivity contribution in [3.05, 3.63) is 48.0 Å². The van der Waals surface area contributed by atoms with Crippen molar-refractivity contribution in [3.8, 4) is 5.69 Å². The number of likely N-dealkylation sites (tertiary alicyclic amines) is 2. The van der Waals surface area contributed by atoms with E-state index in [-0.39, 0.29) is 11.2 Å². The van der Waals surface area contributed by atoms with Crippen LogP contribution in [0.3, 0.4) is 0 Å². The molecule has 3 fully saturated rings. The zero-order valence-corrected chi connectivity index (χ0v) is 16.2. The lowest BCUT2D eigenvalue weighted by Gasteiger charge is -2.39. The fourth-order valence-corrected chi connectivity index (χ4v) is 4.87. The molecule has 1 aromatic carbocycles. The van der Waals surface area contributed by atoms with Crippen LogP contribution < -0.4 is 0 Å². The van der Waals surface area contributed by atoms with E-state index in [2.05, 4.69) is 14.9 Å². The fraction of sp³-hybridized carbons (Fsp3) is 0.545. The third kappa shape index (κ3) is 3.46. The van der Waals surface area contributed by atoms with Gasteiger partial charge in [-0.15, -0.1) is 0 Å². The second-order valence-corrected chi connectivity index (χ2v) is 8.81. The maximum absolute atomic E-state index is 13.5. The second-order valence-electron chi connectivity index (χ2n) is 8.81. The number of aromatic nitrogens is 2. The van der Waals surface area contributed by atoms with Crippen LogP contribution in [-0.2, 0) is 11.3 Å². The Kier molecular flexibility index (Phi) is 4.46. The fourth-order valence-electron chi connectivity index (χ4n) is 4.87. The Morgan fingerprint density at radius 3 is 2.93 bits per heavy atom. The normalized spacial score (nSPS) is 25.8. The third-order valence-corrected chi connectivity index (χ3v) is 6.55. The van der Waals surface area contributed by atoms with Crippen LogP contribution >= 0.6 is 0 Å². The van der Waals surface area contributed by atoms with Crippen LogP contribution in [0.1, 0.15) is 37.7 Å². The zero-order chi connectivity index (χ0) is 19.1. The Balaban J connectivity index is 1.25. The number of hydrogen-bond donors (Lipinski definition) is 0. The van der Waals surface area contributed by atoms with Crippen LogP contribution in [0.2, 0.25) is 0 Å². The van der Waals surface area contributed by atoms with Crippen LogP contribution in [0.5, 0.6) is 0 Å². The highest BCUT2D eigenvalue weighted by atomic mass is 19.1. The summed E-state index contributed by atoms with van der Waals surface area (Å²) in [6.45, 7) is 4.50. The van der Waals surface area contributed by atoms with Crippen LogP contribution in [0.25, 0.3) is 5.69 Å². The van der Waals surface area contributed by atoms with Crippen molar-refractivity contribution in [1.82, 2.24) is 19.6 Å². The number of piperidine rings is 1. The van der Waals surface area contributed by atoms with E-state index in [1.807, 2.05) is 18.5 Å². The van der Waals surface area contributed by atoms with Gasteiger partial charge in [0.15, 0.2) is 0 Å². The molecule has 28 heavy (non-hydrogen) atoms. The second kappa shape index (κ2) is 6.99. The molecule has 0 unspecified atom stereocenters. The van der Waals surface area contributed by atoms with Crippen LogP contribution in [-0.4, -0.2) is 51.7 Å². The monoisotopic (exact) mass is 382 g/mol. The van der Waals surface area contributed by atoms with Crippen molar-refractivity contribution >= 4 is 5.91 Å². The Hall–Kier alpha value is -2.21. The van der Waals surface area contributed by atoms with E-state index >= 15 is 0 Å². The van der Waals surface area contributed by atoms with Crippen LogP contribution in [0, 0.1) is 17.2 Å². The van der Waals surface area contributed by atoms with Crippen molar-refractivity contribution in [2.45, 2.75) is 38.6 Å². The Bertz CT molecular complexity index is 877. The lowest BCUT2D eigenvalue weighted by atomic mass is 9.78. The summed E-state index contributed by atoms with van der Waals surface area (Å²) in [6.07, 6.45) is 9.50. The quantitative estimate of drug-likeness (QED) is 0.797. The Morgan fingerprint density at radius 2 is 2.11 bits per heavy atom. The minimum atomic E-state index is -0.261. The predicted molar refractivity (Wildman–Crippen MR) is 104 cm³/mol. The molecule has 5 rings (SSSR count). The molecule has 1 atom stereocenters. The molecule has 6 heteroatoms. The van der Waals surface area contributed by atoms with Gasteiger partial charge in [-0.25, -0.2) is 9.07 Å². The van der Waals surface area contributed by atoms with Gasteiger partial charge in [0.2, 0.25) is 5.91 Å². The largest absolute Gasteiger partial charge is 0.342 e. The van der Waals surface area contributed by atoms with E-state index in [0.717, 1.165) is 69.2 Å². The topological polar surface area (TPSA) is 41.4 Å². The number of rotatable bonds is 5. The first-order valence-electron chi connectivity index (χ1n) is 10.4. The number of amides is 1. The van der Waals surface area contributed by atoms with Gasteiger partial charge in [0.05, 0.1) is 17.3 Å². The van der Waals surface area contributed by atoms with Crippen LogP contribution in [0.15, 0.2) is 36.7 Å². The molecule has 1 saturated carbocycles. The van der Waals surface area contributed by atoms with Gasteiger partial charge in [-0.1, -0.05) is 6.07 Å². The molecule has 2 aliphatic heterocycles. The van der Waals surface area contributed by atoms with Gasteiger partial charge in [0, 0.05) is 37.9 Å². The summed E-state index contributed by atoms with van der Waals surface area (Å²) in [5, 5.41) is 4.39. The summed E-state index contributed by atoms with van der Waals surface area (Å²) in [5.41, 5.74) is 1.65. The molecule has 0 N–H and O–H groups in total. The van der Waals surface area contributed by atoms with E-state index in [1.54, 1.807) is 10.7 Å². The van der Waals surface area contributed by atoms with Gasteiger partial charge < -0.3 is 4.90 Å². The standard InChI is InChI=1S/C22H27FN4O/c23-19-3-1-4-20(11-19)27-15-18(12-24-27)13-25-10-8-22(16-25)7-2-9-26(21(22)28)14-17-5-6-17/h1,3-4,11-12,15,17H,2,5-10,13-14,16H2/t22-/m0/s1. The molecular formula is C22H27FN4O. The molecule has 3 aliphatic rings. The lowest BCUT2D eigenvalue weighted by molar-refractivity contribution is -0.145. The summed E-state index contributed by atoms with van der Waals surface area (Å²) >= 11 is 0. The number of carbonyl (C=O) groups excluding carboxylic acids is 1. The summed E-state index contributed by atoms with van der Waals surface area (Å²) in [7, 11) is 0. The van der Waals surface area contributed by atoms with Crippen molar-refractivity contribution in [1.29, 1.82) is 0 Å². The van der Waals surface area contributed by atoms with Gasteiger partial charge >= 0.3 is 0 Å². The number of halogens is 1. The SMILES string of the molecule is O=C1N(CC2CC2)CCC[C@@]12CCN(Cc1cnn(-c3cccc(F)c3)c1)C2. The molecule has 2 saturated heterocycles. The zero-order valence-electron chi connectivity index (χ0n) is 16.2. The Morgan fingerprint density at radius 1 is 1.21 bits per heavy atom. The first-order chi connectivity index (χ1) is 13.6. The molecular weight excluding hydrogens is 355 g/mol. The summed E-state index contributed by atoms with van der Waals surface area (Å²) in [6, 6.07) is 6.46. The molecule has 5 nitrogen and oxygen atoms in total. The van der Waals surface area contributed by atoms with Gasteiger partial charge in [-0.3, -0.25) is 9.69 Å². The highest BCUT2D eigenvalue weighted by molar-refractivity contribution is 5.84. The van der Waals surface area contributed by atoms with Crippen molar-refractivity contribution in [2.75, 3.05) is 26.2 Å². The van der Waals surface area contributed by atoms with Gasteiger partial charge in [-0.2, -0.15) is 5.10 Å². The minimum Gasteiger partial charge on any atom is -0.342 e. The van der Waals surface area contributed by atoms with E-state index < -0.39 is 0 Å². The summed E-state index contributed by atoms with van der Waals surface area (Å²) < 4.78 is 15.2. The van der Waals surface area contributed by atoms with E-state index in [1.165, 1.54) is 25.0 Å². The highest BCUT2D eigenvalue weighted by Gasteiger charge is 2.48. The average molecular weight is 382 g/mol. The summed E-state index contributed by atoms with van der Waals surface area (Å²) in [4.78, 5) is 17.7. The number of nitrogens with zero attached hydrogens (tertiary/aromatic N) is 4. The molecule has 1 aliphatic carbocycles. The van der Waals surface area contributed by atoms with Gasteiger partial charge in [0.1, 0.15) is 5.82 Å². The summed E-state index contributed by atoms with van der Waals surface area (Å²) in [5.74, 6) is 0.886. The molecule has 1 aromatic heterocycles. The molecule has 0 bridgehead atoms. The molecule has 0 radical (unpaired) electrons. The maximum Gasteiger partial charge on any atom is 0.230 e. The first kappa shape index (κ1) is 17.9. The van der Waals surface area contributed by atoms with Crippen molar-refractivity contribution in [2.24, 2.45) is 11.3 Å². The van der Waals surface area contributed by atoms with Gasteiger partial charge in [0.25, 0.3) is 0 Å². The van der Waals surface area contributed by atoms with E-state index in [9.17, 15) is 9.18 Å². The first-order valence-corrected chi connectivity index (χ1v) is 10.4. The third-order valence-electron chi connectivity index (χ3n) is 6.55. The van der Waals surface area contributed by atoms with Crippen molar-refractivity contribution < 1.29 is 9.18 Å². The van der Waals surface area contributed by atoms with E-state index in [0.29, 0.717) is 5.91 Å². The van der Waals surface area contributed by atoms with E-state index in [4.69, 9.17) is 0 Å². The molecule has 1 spiro atoms. The molecule has 2 aromatic rings. The lowest BCUT2D eigenvalue weighted by Crippen LogP contribution is -2.50. The Labute approximate surface area is 165 Å². The molecule has 148 valence electrons.